The molecule has 2 aromatic heterocycles. The molecule has 25 heavy (non-hydrogen) atoms. The third-order valence-electron chi connectivity index (χ3n) is 3.41. The molecule has 0 saturated heterocycles. The monoisotopic (exact) mass is 342 g/mol. The fourth-order valence-electron chi connectivity index (χ4n) is 2.30. The lowest BCUT2D eigenvalue weighted by atomic mass is 10.2. The molecule has 3 rings (SSSR count). The topological polar surface area (TPSA) is 114 Å². The highest BCUT2D eigenvalue weighted by Gasteiger charge is 2.13. The third kappa shape index (κ3) is 3.66. The molecular weight excluding hydrogens is 324 g/mol. The van der Waals surface area contributed by atoms with Gasteiger partial charge in [0.1, 0.15) is 5.82 Å². The molecule has 0 amide bonds. The van der Waals surface area contributed by atoms with E-state index in [1.807, 2.05) is 0 Å². The molecule has 3 N–H and O–H groups in total. The average molecular weight is 342 g/mol. The molecule has 0 radical (unpaired) electrons. The van der Waals surface area contributed by atoms with Crippen LogP contribution < -0.4 is 20.1 Å². The molecule has 0 spiro atoms. The summed E-state index contributed by atoms with van der Waals surface area (Å²) in [6.45, 7) is 0.330. The molecule has 9 nitrogen and oxygen atoms in total. The largest absolute Gasteiger partial charge is 0.493 e. The first-order valence-corrected chi connectivity index (χ1v) is 7.56. The maximum Gasteiger partial charge on any atom is 0.230 e. The van der Waals surface area contributed by atoms with E-state index in [0.717, 1.165) is 5.39 Å². The van der Waals surface area contributed by atoms with E-state index in [1.54, 1.807) is 44.9 Å². The van der Waals surface area contributed by atoms with Gasteiger partial charge in [-0.25, -0.2) is 9.97 Å². The predicted molar refractivity (Wildman–Crippen MR) is 93.5 cm³/mol. The Balaban J connectivity index is 2.09. The molecule has 2 heterocycles. The van der Waals surface area contributed by atoms with Gasteiger partial charge in [0, 0.05) is 30.4 Å². The summed E-state index contributed by atoms with van der Waals surface area (Å²) in [7, 11) is 3.13. The van der Waals surface area contributed by atoms with Crippen LogP contribution in [0.2, 0.25) is 0 Å². The van der Waals surface area contributed by atoms with E-state index in [1.165, 1.54) is 0 Å². The molecule has 9 heteroatoms. The van der Waals surface area contributed by atoms with Gasteiger partial charge < -0.3 is 25.2 Å². The van der Waals surface area contributed by atoms with Crippen LogP contribution in [0.25, 0.3) is 10.9 Å². The number of aliphatic hydroxyl groups excluding tert-OH is 1. The number of fused-ring (bicyclic) bond motifs is 1. The number of hydrogen-bond donors (Lipinski definition) is 3. The minimum atomic E-state index is -0.0221. The minimum absolute atomic E-state index is 0.0221. The van der Waals surface area contributed by atoms with Crippen LogP contribution in [0.15, 0.2) is 30.7 Å². The fraction of sp³-hybridized carbons (Fsp3) is 0.250. The second kappa shape index (κ2) is 7.58. The van der Waals surface area contributed by atoms with Gasteiger partial charge in [-0.3, -0.25) is 4.98 Å². The smallest absolute Gasteiger partial charge is 0.230 e. The Morgan fingerprint density at radius 3 is 2.56 bits per heavy atom. The Kier molecular flexibility index (Phi) is 5.05. The number of methoxy groups -OCH3 is 2. The second-order valence-electron chi connectivity index (χ2n) is 4.99. The lowest BCUT2D eigenvalue weighted by Crippen LogP contribution is -2.10. The van der Waals surface area contributed by atoms with Crippen molar-refractivity contribution >= 4 is 28.5 Å². The summed E-state index contributed by atoms with van der Waals surface area (Å²) < 4.78 is 10.7. The second-order valence-corrected chi connectivity index (χ2v) is 4.99. The maximum atomic E-state index is 9.10. The van der Waals surface area contributed by atoms with Crippen LogP contribution in [0.3, 0.4) is 0 Å². The van der Waals surface area contributed by atoms with Crippen LogP contribution in [-0.4, -0.2) is 52.4 Å². The third-order valence-corrected chi connectivity index (χ3v) is 3.41. The lowest BCUT2D eigenvalue weighted by molar-refractivity contribution is 0.311. The molecule has 3 aromatic rings. The van der Waals surface area contributed by atoms with Crippen molar-refractivity contribution in [3.05, 3.63) is 30.7 Å². The minimum Gasteiger partial charge on any atom is -0.493 e. The highest BCUT2D eigenvalue weighted by Crippen LogP contribution is 2.34. The van der Waals surface area contributed by atoms with Gasteiger partial charge in [-0.1, -0.05) is 0 Å². The number of nitrogens with one attached hydrogen (secondary N) is 2. The number of aliphatic hydroxyl groups is 1. The van der Waals surface area contributed by atoms with Crippen molar-refractivity contribution in [1.29, 1.82) is 0 Å². The zero-order valence-corrected chi connectivity index (χ0v) is 13.9. The van der Waals surface area contributed by atoms with Gasteiger partial charge in [0.15, 0.2) is 17.3 Å². The first-order chi connectivity index (χ1) is 12.2. The van der Waals surface area contributed by atoms with E-state index < -0.39 is 0 Å². The Hall–Kier alpha value is -3.20. The van der Waals surface area contributed by atoms with Gasteiger partial charge in [0.25, 0.3) is 0 Å². The van der Waals surface area contributed by atoms with Gasteiger partial charge in [-0.05, 0) is 6.07 Å². The summed E-state index contributed by atoms with van der Waals surface area (Å²) in [5.41, 5.74) is 0.652. The zero-order chi connectivity index (χ0) is 17.6. The average Bonchev–Trinajstić information content (AvgIpc) is 2.65. The maximum absolute atomic E-state index is 9.10. The number of nitrogens with zero attached hydrogens (tertiary/aromatic N) is 4. The van der Waals surface area contributed by atoms with Crippen molar-refractivity contribution in [1.82, 2.24) is 19.9 Å². The van der Waals surface area contributed by atoms with Crippen LogP contribution in [0, 0.1) is 0 Å². The van der Waals surface area contributed by atoms with Crippen molar-refractivity contribution in [2.45, 2.75) is 0 Å². The van der Waals surface area contributed by atoms with E-state index in [2.05, 4.69) is 30.6 Å². The van der Waals surface area contributed by atoms with Crippen molar-refractivity contribution in [2.75, 3.05) is 38.0 Å². The molecule has 0 aliphatic heterocycles. The van der Waals surface area contributed by atoms with Crippen molar-refractivity contribution < 1.29 is 14.6 Å². The Bertz CT molecular complexity index is 859. The normalized spacial score (nSPS) is 10.5. The van der Waals surface area contributed by atoms with Gasteiger partial charge in [-0.2, -0.15) is 4.98 Å². The molecule has 0 bridgehead atoms. The highest BCUT2D eigenvalue weighted by molar-refractivity contribution is 5.92. The number of ether oxygens (including phenoxy) is 2. The van der Waals surface area contributed by atoms with Gasteiger partial charge in [0.05, 0.1) is 32.5 Å². The molecule has 0 aliphatic carbocycles. The number of benzene rings is 1. The molecule has 0 unspecified atom stereocenters. The SMILES string of the molecule is COc1cc2nc(Nc3cnccn3)nc(NCCO)c2cc1OC. The molecular formula is C16H18N6O3. The molecule has 1 aromatic carbocycles. The summed E-state index contributed by atoms with van der Waals surface area (Å²) in [4.78, 5) is 17.1. The zero-order valence-electron chi connectivity index (χ0n) is 13.9. The number of rotatable bonds is 7. The van der Waals surface area contributed by atoms with Crippen LogP contribution in [0.4, 0.5) is 17.6 Å². The predicted octanol–water partition coefficient (Wildman–Crippen LogP) is 1.58. The van der Waals surface area contributed by atoms with Gasteiger partial charge in [-0.15, -0.1) is 0 Å². The molecule has 130 valence electrons. The molecule has 0 atom stereocenters. The highest BCUT2D eigenvalue weighted by atomic mass is 16.5. The van der Waals surface area contributed by atoms with E-state index >= 15 is 0 Å². The lowest BCUT2D eigenvalue weighted by Gasteiger charge is -2.13. The van der Waals surface area contributed by atoms with Crippen LogP contribution in [0.5, 0.6) is 11.5 Å². The van der Waals surface area contributed by atoms with Crippen LogP contribution in [0.1, 0.15) is 0 Å². The summed E-state index contributed by atoms with van der Waals surface area (Å²) in [6.07, 6.45) is 4.73. The summed E-state index contributed by atoms with van der Waals surface area (Å²) in [5.74, 6) is 2.56. The van der Waals surface area contributed by atoms with E-state index in [9.17, 15) is 0 Å². The van der Waals surface area contributed by atoms with E-state index in [0.29, 0.717) is 41.1 Å². The quantitative estimate of drug-likeness (QED) is 0.588. The van der Waals surface area contributed by atoms with Crippen LogP contribution in [-0.2, 0) is 0 Å². The first-order valence-electron chi connectivity index (χ1n) is 7.56. The van der Waals surface area contributed by atoms with Crippen LogP contribution >= 0.6 is 0 Å². The molecule has 0 aliphatic rings. The standard InChI is InChI=1S/C16H18N6O3/c1-24-12-7-10-11(8-13(12)25-2)20-16(22-15(10)19-5-6-23)21-14-9-17-3-4-18-14/h3-4,7-9,23H,5-6H2,1-2H3,(H2,18,19,20,21,22). The molecule has 0 fully saturated rings. The molecule has 0 saturated carbocycles. The summed E-state index contributed by atoms with van der Waals surface area (Å²) in [6, 6.07) is 3.56. The Morgan fingerprint density at radius 1 is 1.08 bits per heavy atom. The number of anilines is 3. The van der Waals surface area contributed by atoms with Crippen molar-refractivity contribution in [2.24, 2.45) is 0 Å². The van der Waals surface area contributed by atoms with Gasteiger partial charge >= 0.3 is 0 Å². The summed E-state index contributed by atoms with van der Waals surface area (Å²) in [5, 5.41) is 15.9. The first kappa shape index (κ1) is 16.7. The van der Waals surface area contributed by atoms with Crippen molar-refractivity contribution in [3.8, 4) is 11.5 Å². The number of aromatic nitrogens is 4. The Labute approximate surface area is 144 Å². The summed E-state index contributed by atoms with van der Waals surface area (Å²) >= 11 is 0. The van der Waals surface area contributed by atoms with E-state index in [-0.39, 0.29) is 6.61 Å². The Morgan fingerprint density at radius 2 is 1.88 bits per heavy atom. The van der Waals surface area contributed by atoms with E-state index in [4.69, 9.17) is 14.6 Å². The fourth-order valence-corrected chi connectivity index (χ4v) is 2.30. The number of hydrogen-bond acceptors (Lipinski definition) is 9. The van der Waals surface area contributed by atoms with Crippen molar-refractivity contribution in [3.63, 3.8) is 0 Å². The van der Waals surface area contributed by atoms with Gasteiger partial charge in [0.2, 0.25) is 5.95 Å².